The van der Waals surface area contributed by atoms with Crippen LogP contribution in [0.25, 0.3) is 60.9 Å². The Labute approximate surface area is 334 Å². The molecular formula is C55H42N2. The smallest absolute Gasteiger partial charge is 0.0542 e. The molecule has 1 atom stereocenters. The topological polar surface area (TPSA) is 8.17 Å². The zero-order valence-electron chi connectivity index (χ0n) is 32.0. The van der Waals surface area contributed by atoms with Gasteiger partial charge in [0, 0.05) is 38.9 Å². The Morgan fingerprint density at radius 3 is 1.54 bits per heavy atom. The molecule has 272 valence electrons. The van der Waals surface area contributed by atoms with E-state index in [0.717, 1.165) is 23.5 Å². The molecule has 0 amide bonds. The Hall–Kier alpha value is -7.16. The van der Waals surface area contributed by atoms with Crippen LogP contribution in [0.4, 0.5) is 11.4 Å². The highest BCUT2D eigenvalue weighted by molar-refractivity contribution is 6.10. The standard InChI is InChI=1S/C55H42N2/c1-55(46-22-12-5-13-23-46)34-32-48(33-35-55)56(47-28-26-43(27-29-47)40-16-6-2-7-17-40)49-30-31-54-52(39-49)51-24-14-15-25-53(51)57(54)50-37-44(41-18-8-3-9-19-41)36-45(38-50)42-20-10-4-11-21-42/h2-34,36-39H,35H2,1H3. The molecule has 0 N–H and O–H groups in total. The molecule has 10 rings (SSSR count). The summed E-state index contributed by atoms with van der Waals surface area (Å²) in [5.41, 5.74) is 15.4. The van der Waals surface area contributed by atoms with E-state index in [-0.39, 0.29) is 5.41 Å². The van der Waals surface area contributed by atoms with E-state index in [1.165, 1.54) is 66.4 Å². The highest BCUT2D eigenvalue weighted by Crippen LogP contribution is 2.42. The van der Waals surface area contributed by atoms with Crippen LogP contribution in [0.1, 0.15) is 18.9 Å². The number of rotatable bonds is 8. The first kappa shape index (κ1) is 34.3. The Kier molecular flexibility index (Phi) is 8.73. The minimum absolute atomic E-state index is 0.0716. The molecule has 0 saturated heterocycles. The monoisotopic (exact) mass is 730 g/mol. The summed E-state index contributed by atoms with van der Waals surface area (Å²) in [5, 5.41) is 2.44. The van der Waals surface area contributed by atoms with Gasteiger partial charge in [-0.1, -0.05) is 171 Å². The van der Waals surface area contributed by atoms with Gasteiger partial charge >= 0.3 is 0 Å². The Bertz CT molecular complexity index is 2850. The summed E-state index contributed by atoms with van der Waals surface area (Å²) in [4.78, 5) is 2.42. The van der Waals surface area contributed by atoms with E-state index in [2.05, 4.69) is 241 Å². The molecule has 1 aliphatic carbocycles. The summed E-state index contributed by atoms with van der Waals surface area (Å²) >= 11 is 0. The second-order valence-electron chi connectivity index (χ2n) is 15.3. The number of fused-ring (bicyclic) bond motifs is 3. The SMILES string of the molecule is CC1(c2ccccc2)C=CC(N(c2ccc(-c3ccccc3)cc2)c2ccc3c(c2)c2ccccc2n3-c2cc(-c3ccccc3)cc(-c3ccccc3)c2)=CC1. The van der Waals surface area contributed by atoms with Crippen molar-refractivity contribution >= 4 is 33.2 Å². The van der Waals surface area contributed by atoms with E-state index in [1.54, 1.807) is 0 Å². The van der Waals surface area contributed by atoms with Crippen molar-refractivity contribution in [1.29, 1.82) is 0 Å². The van der Waals surface area contributed by atoms with Gasteiger partial charge in [0.2, 0.25) is 0 Å². The molecule has 2 nitrogen and oxygen atoms in total. The summed E-state index contributed by atoms with van der Waals surface area (Å²) in [6.07, 6.45) is 8.02. The molecule has 1 aromatic heterocycles. The number of nitrogens with zero attached hydrogens (tertiary/aromatic N) is 2. The maximum atomic E-state index is 2.44. The second kappa shape index (κ2) is 14.5. The van der Waals surface area contributed by atoms with Gasteiger partial charge in [0.25, 0.3) is 0 Å². The lowest BCUT2D eigenvalue weighted by atomic mass is 9.77. The number of aromatic nitrogens is 1. The van der Waals surface area contributed by atoms with Crippen molar-refractivity contribution in [2.75, 3.05) is 4.90 Å². The first-order chi connectivity index (χ1) is 28.1. The average Bonchev–Trinajstić information content (AvgIpc) is 3.62. The largest absolute Gasteiger partial charge is 0.311 e. The number of hydrogen-bond donors (Lipinski definition) is 0. The first-order valence-electron chi connectivity index (χ1n) is 19.8. The van der Waals surface area contributed by atoms with Crippen molar-refractivity contribution in [2.24, 2.45) is 0 Å². The van der Waals surface area contributed by atoms with Crippen molar-refractivity contribution in [3.63, 3.8) is 0 Å². The fourth-order valence-corrected chi connectivity index (χ4v) is 8.51. The van der Waals surface area contributed by atoms with Crippen LogP contribution >= 0.6 is 0 Å². The lowest BCUT2D eigenvalue weighted by molar-refractivity contribution is 0.595. The summed E-state index contributed by atoms with van der Waals surface area (Å²) in [6.45, 7) is 2.34. The van der Waals surface area contributed by atoms with Gasteiger partial charge in [0.05, 0.1) is 11.0 Å². The maximum Gasteiger partial charge on any atom is 0.0542 e. The predicted molar refractivity (Wildman–Crippen MR) is 241 cm³/mol. The van der Waals surface area contributed by atoms with Crippen molar-refractivity contribution < 1.29 is 0 Å². The number of anilines is 2. The van der Waals surface area contributed by atoms with Crippen LogP contribution in [0.3, 0.4) is 0 Å². The fraction of sp³-hybridized carbons (Fsp3) is 0.0545. The van der Waals surface area contributed by atoms with E-state index in [4.69, 9.17) is 0 Å². The molecule has 0 spiro atoms. The van der Waals surface area contributed by atoms with Crippen LogP contribution in [-0.2, 0) is 5.41 Å². The van der Waals surface area contributed by atoms with Crippen molar-refractivity contribution in [3.8, 4) is 39.1 Å². The molecule has 0 fully saturated rings. The summed E-state index contributed by atoms with van der Waals surface area (Å²) in [5.74, 6) is 0. The zero-order chi connectivity index (χ0) is 38.2. The molecule has 0 saturated carbocycles. The van der Waals surface area contributed by atoms with Crippen LogP contribution in [-0.4, -0.2) is 4.57 Å². The number of benzene rings is 8. The molecule has 0 aliphatic heterocycles. The molecule has 1 heterocycles. The van der Waals surface area contributed by atoms with E-state index >= 15 is 0 Å². The average molecular weight is 731 g/mol. The fourth-order valence-electron chi connectivity index (χ4n) is 8.51. The molecule has 57 heavy (non-hydrogen) atoms. The molecule has 1 aliphatic rings. The predicted octanol–water partition coefficient (Wildman–Crippen LogP) is 14.7. The Morgan fingerprint density at radius 2 is 0.947 bits per heavy atom. The normalized spacial score (nSPS) is 15.1. The van der Waals surface area contributed by atoms with Crippen molar-refractivity contribution in [1.82, 2.24) is 4.57 Å². The van der Waals surface area contributed by atoms with E-state index in [1.807, 2.05) is 0 Å². The van der Waals surface area contributed by atoms with Crippen molar-refractivity contribution in [3.05, 3.63) is 236 Å². The van der Waals surface area contributed by atoms with Gasteiger partial charge < -0.3 is 9.47 Å². The van der Waals surface area contributed by atoms with E-state index in [0.29, 0.717) is 0 Å². The van der Waals surface area contributed by atoms with Gasteiger partial charge in [-0.25, -0.2) is 0 Å². The van der Waals surface area contributed by atoms with Gasteiger partial charge in [-0.2, -0.15) is 0 Å². The molecular weight excluding hydrogens is 689 g/mol. The van der Waals surface area contributed by atoms with Crippen molar-refractivity contribution in [2.45, 2.75) is 18.8 Å². The first-order valence-corrected chi connectivity index (χ1v) is 19.8. The molecule has 2 heteroatoms. The van der Waals surface area contributed by atoms with Gasteiger partial charge in [-0.15, -0.1) is 0 Å². The lowest BCUT2D eigenvalue weighted by Gasteiger charge is -2.33. The van der Waals surface area contributed by atoms with E-state index < -0.39 is 0 Å². The Balaban J connectivity index is 1.13. The van der Waals surface area contributed by atoms with Crippen LogP contribution in [0.2, 0.25) is 0 Å². The number of hydrogen-bond acceptors (Lipinski definition) is 1. The van der Waals surface area contributed by atoms with Gasteiger partial charge in [0.15, 0.2) is 0 Å². The molecule has 9 aromatic rings. The third-order valence-electron chi connectivity index (χ3n) is 11.6. The molecule has 0 radical (unpaired) electrons. The van der Waals surface area contributed by atoms with E-state index in [9.17, 15) is 0 Å². The third-order valence-corrected chi connectivity index (χ3v) is 11.6. The van der Waals surface area contributed by atoms with Gasteiger partial charge in [-0.05, 0) is 106 Å². The second-order valence-corrected chi connectivity index (χ2v) is 15.3. The summed E-state index contributed by atoms with van der Waals surface area (Å²) < 4.78 is 2.44. The van der Waals surface area contributed by atoms with Crippen LogP contribution in [0.15, 0.2) is 230 Å². The molecule has 1 unspecified atom stereocenters. The summed E-state index contributed by atoms with van der Waals surface area (Å²) in [6, 6.07) is 74.7. The molecule has 8 aromatic carbocycles. The zero-order valence-corrected chi connectivity index (χ0v) is 32.0. The van der Waals surface area contributed by atoms with Crippen LogP contribution in [0, 0.1) is 0 Å². The minimum atomic E-state index is -0.0716. The number of para-hydroxylation sites is 1. The quantitative estimate of drug-likeness (QED) is 0.151. The highest BCUT2D eigenvalue weighted by atomic mass is 15.1. The van der Waals surface area contributed by atoms with Crippen LogP contribution < -0.4 is 4.90 Å². The lowest BCUT2D eigenvalue weighted by Crippen LogP contribution is -2.24. The minimum Gasteiger partial charge on any atom is -0.311 e. The number of allylic oxidation sites excluding steroid dienone is 3. The third kappa shape index (κ3) is 6.46. The van der Waals surface area contributed by atoms with Gasteiger partial charge in [0.1, 0.15) is 0 Å². The molecule has 0 bridgehead atoms. The van der Waals surface area contributed by atoms with Gasteiger partial charge in [-0.3, -0.25) is 0 Å². The summed E-state index contributed by atoms with van der Waals surface area (Å²) in [7, 11) is 0. The highest BCUT2D eigenvalue weighted by Gasteiger charge is 2.27. The maximum absolute atomic E-state index is 2.44. The Morgan fingerprint density at radius 1 is 0.439 bits per heavy atom. The van der Waals surface area contributed by atoms with Crippen LogP contribution in [0.5, 0.6) is 0 Å².